The molecule has 4 heteroatoms. The van der Waals surface area contributed by atoms with E-state index in [9.17, 15) is 10.4 Å². The van der Waals surface area contributed by atoms with Crippen molar-refractivity contribution >= 4 is 0 Å². The van der Waals surface area contributed by atoms with E-state index in [1.165, 1.54) is 38.5 Å². The highest BCUT2D eigenvalue weighted by Crippen LogP contribution is 2.59. The summed E-state index contributed by atoms with van der Waals surface area (Å²) in [5.74, 6) is 4.32. The van der Waals surface area contributed by atoms with E-state index in [2.05, 4.69) is 0 Å². The maximum atomic E-state index is 13.4. The zero-order valence-corrected chi connectivity index (χ0v) is 14.7. The largest absolute Gasteiger partial charge is 0.567 e. The van der Waals surface area contributed by atoms with Crippen LogP contribution in [0.25, 0.3) is 0 Å². The third kappa shape index (κ3) is 1.81. The lowest BCUT2D eigenvalue weighted by Gasteiger charge is -2.54. The highest BCUT2D eigenvalue weighted by Gasteiger charge is 2.64. The predicted octanol–water partition coefficient (Wildman–Crippen LogP) is 4.40. The van der Waals surface area contributed by atoms with Crippen molar-refractivity contribution in [2.45, 2.75) is 88.1 Å². The monoisotopic (exact) mass is 330 g/mol. The van der Waals surface area contributed by atoms with Crippen LogP contribution in [-0.4, -0.2) is 20.8 Å². The summed E-state index contributed by atoms with van der Waals surface area (Å²) >= 11 is 0. The molecule has 8 fully saturated rings. The molecular weight excluding hydrogens is 300 g/mol. The first-order valence-corrected chi connectivity index (χ1v) is 10.5. The van der Waals surface area contributed by atoms with E-state index in [0.29, 0.717) is 0 Å². The fraction of sp³-hybridized carbons (Fsp3) is 1.00. The van der Waals surface area contributed by atoms with Crippen molar-refractivity contribution in [3.05, 3.63) is 10.4 Å². The first-order chi connectivity index (χ1) is 11.5. The van der Waals surface area contributed by atoms with Crippen LogP contribution in [0.3, 0.4) is 0 Å². The summed E-state index contributed by atoms with van der Waals surface area (Å²) in [5, 5.41) is 26.9. The maximum Gasteiger partial charge on any atom is 0.239 e. The fourth-order valence-electron chi connectivity index (χ4n) is 8.98. The Labute approximate surface area is 144 Å². The van der Waals surface area contributed by atoms with Crippen LogP contribution in [0.15, 0.2) is 0 Å². The van der Waals surface area contributed by atoms with Gasteiger partial charge in [0.05, 0.1) is 0 Å². The Morgan fingerprint density at radius 2 is 0.667 bits per heavy atom. The summed E-state index contributed by atoms with van der Waals surface area (Å²) < 4.78 is 0. The first kappa shape index (κ1) is 14.4. The first-order valence-electron chi connectivity index (χ1n) is 10.5. The summed E-state index contributed by atoms with van der Waals surface area (Å²) in [7, 11) is 0. The van der Waals surface area contributed by atoms with Crippen LogP contribution in [0.5, 0.6) is 0 Å². The molecule has 8 aliphatic carbocycles. The van der Waals surface area contributed by atoms with Gasteiger partial charge >= 0.3 is 0 Å². The average molecular weight is 330 g/mol. The molecule has 8 rings (SSSR count). The number of nitrogens with zero attached hydrogens (tertiary/aromatic N) is 2. The Balaban J connectivity index is 1.39. The van der Waals surface area contributed by atoms with Gasteiger partial charge in [-0.1, -0.05) is 0 Å². The lowest BCUT2D eigenvalue weighted by Crippen LogP contribution is -2.62. The fourth-order valence-corrected chi connectivity index (χ4v) is 8.98. The van der Waals surface area contributed by atoms with Crippen LogP contribution in [0, 0.1) is 45.9 Å². The molecular formula is C20H30N2O2. The van der Waals surface area contributed by atoms with Crippen molar-refractivity contribution in [3.63, 3.8) is 0 Å². The molecule has 0 N–H and O–H groups in total. The number of hydrogen-bond donors (Lipinski definition) is 0. The molecule has 0 aromatic heterocycles. The van der Waals surface area contributed by atoms with Gasteiger partial charge in [0.2, 0.25) is 11.1 Å². The molecule has 0 radical (unpaired) electrons. The van der Waals surface area contributed by atoms with Crippen LogP contribution in [-0.2, 0) is 0 Å². The summed E-state index contributed by atoms with van der Waals surface area (Å²) in [4.78, 5) is 2.06. The number of hydrogen-bond acceptors (Lipinski definition) is 2. The zero-order valence-electron chi connectivity index (χ0n) is 14.7. The highest BCUT2D eigenvalue weighted by molar-refractivity contribution is 5.03. The number of hydroxylamine groups is 2. The lowest BCUT2D eigenvalue weighted by atomic mass is 9.52. The second-order valence-electron chi connectivity index (χ2n) is 10.8. The molecule has 0 spiro atoms. The molecule has 0 aromatic rings. The molecule has 0 atom stereocenters. The van der Waals surface area contributed by atoms with Gasteiger partial charge in [-0.05, 0) is 74.0 Å². The zero-order chi connectivity index (χ0) is 16.1. The molecule has 0 aliphatic heterocycles. The van der Waals surface area contributed by atoms with E-state index in [1.807, 2.05) is 0 Å². The molecule has 0 heterocycles. The molecule has 132 valence electrons. The Morgan fingerprint density at radius 1 is 0.458 bits per heavy atom. The second-order valence-corrected chi connectivity index (χ2v) is 10.8. The number of rotatable bonds is 2. The van der Waals surface area contributed by atoms with E-state index in [4.69, 9.17) is 0 Å². The Hall–Kier alpha value is -0.800. The van der Waals surface area contributed by atoms with Gasteiger partial charge in [0.25, 0.3) is 0 Å². The van der Waals surface area contributed by atoms with E-state index in [-0.39, 0.29) is 11.1 Å². The summed E-state index contributed by atoms with van der Waals surface area (Å²) in [6.45, 7) is 0. The van der Waals surface area contributed by atoms with Gasteiger partial charge in [0, 0.05) is 48.2 Å². The Bertz CT molecular complexity index is 488. The standard InChI is InChI=1S/C20H30N2O2/c23-21(19-7-13-1-14(8-19)3-15(2-13)9-19)22(24)20-10-16-4-17(11-20)6-18(5-16)12-20/h13-18H,1-12H2/b22-21+. The molecule has 4 nitrogen and oxygen atoms in total. The van der Waals surface area contributed by atoms with E-state index >= 15 is 0 Å². The summed E-state index contributed by atoms with van der Waals surface area (Å²) in [6.07, 6.45) is 13.9. The van der Waals surface area contributed by atoms with E-state index in [1.54, 1.807) is 0 Å². The predicted molar refractivity (Wildman–Crippen MR) is 89.1 cm³/mol. The smallest absolute Gasteiger partial charge is 0.239 e. The molecule has 8 aliphatic rings. The molecule has 0 aromatic carbocycles. The Morgan fingerprint density at radius 3 is 0.875 bits per heavy atom. The van der Waals surface area contributed by atoms with Crippen LogP contribution < -0.4 is 0 Å². The van der Waals surface area contributed by atoms with Crippen molar-refractivity contribution in [3.8, 4) is 0 Å². The van der Waals surface area contributed by atoms with Crippen LogP contribution in [0.4, 0.5) is 0 Å². The molecule has 24 heavy (non-hydrogen) atoms. The van der Waals surface area contributed by atoms with E-state index < -0.39 is 0 Å². The SMILES string of the molecule is [O-]/[N+](=[N+](/[O-])C12CC3CC(CC(C3)C1)C2)C12CC3CC(CC(C3)C1)C2. The van der Waals surface area contributed by atoms with Gasteiger partial charge in [0.1, 0.15) is 0 Å². The molecule has 0 unspecified atom stereocenters. The molecule has 0 saturated heterocycles. The number of azo groups is 1. The normalized spacial score (nSPS) is 58.2. The van der Waals surface area contributed by atoms with Crippen LogP contribution >= 0.6 is 0 Å². The van der Waals surface area contributed by atoms with Crippen molar-refractivity contribution in [2.24, 2.45) is 35.5 Å². The summed E-state index contributed by atoms with van der Waals surface area (Å²) in [6, 6.07) is 0. The lowest BCUT2D eigenvalue weighted by molar-refractivity contribution is -1.03. The van der Waals surface area contributed by atoms with Gasteiger partial charge in [-0.2, -0.15) is 0 Å². The quantitative estimate of drug-likeness (QED) is 0.428. The van der Waals surface area contributed by atoms with Gasteiger partial charge in [0.15, 0.2) is 0 Å². The van der Waals surface area contributed by atoms with Crippen molar-refractivity contribution < 1.29 is 9.72 Å². The van der Waals surface area contributed by atoms with Crippen LogP contribution in [0.1, 0.15) is 77.0 Å². The molecule has 8 saturated carbocycles. The van der Waals surface area contributed by atoms with Gasteiger partial charge < -0.3 is 10.4 Å². The summed E-state index contributed by atoms with van der Waals surface area (Å²) in [5.41, 5.74) is -0.667. The second kappa shape index (κ2) is 4.48. The minimum atomic E-state index is -0.334. The van der Waals surface area contributed by atoms with Gasteiger partial charge in [-0.3, -0.25) is 0 Å². The maximum absolute atomic E-state index is 13.4. The third-order valence-electron chi connectivity index (χ3n) is 8.99. The van der Waals surface area contributed by atoms with E-state index in [0.717, 1.165) is 83.8 Å². The highest BCUT2D eigenvalue weighted by atomic mass is 16.6. The van der Waals surface area contributed by atoms with Crippen molar-refractivity contribution in [1.29, 1.82) is 0 Å². The van der Waals surface area contributed by atoms with Crippen LogP contribution in [0.2, 0.25) is 0 Å². The minimum Gasteiger partial charge on any atom is -0.567 e. The van der Waals surface area contributed by atoms with Crippen molar-refractivity contribution in [1.82, 2.24) is 0 Å². The van der Waals surface area contributed by atoms with Crippen molar-refractivity contribution in [2.75, 3.05) is 0 Å². The third-order valence-corrected chi connectivity index (χ3v) is 8.99. The minimum absolute atomic E-state index is 0.334. The molecule has 0 amide bonds. The topological polar surface area (TPSA) is 52.1 Å². The Kier molecular flexibility index (Phi) is 2.68. The van der Waals surface area contributed by atoms with Gasteiger partial charge in [-0.15, -0.1) is 0 Å². The van der Waals surface area contributed by atoms with Gasteiger partial charge in [-0.25, -0.2) is 0 Å². The molecule has 8 bridgehead atoms. The average Bonchev–Trinajstić information content (AvgIpc) is 2.51.